The second kappa shape index (κ2) is 5.32. The number of hydrogen-bond acceptors (Lipinski definition) is 2. The van der Waals surface area contributed by atoms with Crippen molar-refractivity contribution in [2.45, 2.75) is 11.5 Å². The molecule has 3 unspecified atom stereocenters. The Balaban J connectivity index is 4.21. The van der Waals surface area contributed by atoms with Gasteiger partial charge >= 0.3 is 0 Å². The molecule has 0 aromatic heterocycles. The van der Waals surface area contributed by atoms with Crippen LogP contribution in [-0.2, 0) is 49.4 Å². The molecule has 0 heterocycles. The molecular formula is C3H7ClS5. The smallest absolute Gasteiger partial charge is 0.0705 e. The first-order valence-electron chi connectivity index (χ1n) is 2.11. The minimum Gasteiger partial charge on any atom is -0.110 e. The SMILES string of the molecule is CC(S(C)=S)S(Cl)=S=S. The van der Waals surface area contributed by atoms with Gasteiger partial charge in [0.05, 0.1) is 4.58 Å². The van der Waals surface area contributed by atoms with Crippen LogP contribution in [0.2, 0.25) is 0 Å². The zero-order valence-electron chi connectivity index (χ0n) is 5.00. The van der Waals surface area contributed by atoms with E-state index in [1.807, 2.05) is 13.2 Å². The van der Waals surface area contributed by atoms with E-state index < -0.39 is 0 Å². The fraction of sp³-hybridized carbons (Fsp3) is 1.00. The molecule has 0 saturated carbocycles. The van der Waals surface area contributed by atoms with Crippen molar-refractivity contribution in [1.82, 2.24) is 0 Å². The van der Waals surface area contributed by atoms with E-state index in [0.717, 1.165) is 0 Å². The van der Waals surface area contributed by atoms with Gasteiger partial charge in [-0.1, -0.05) is 11.2 Å². The number of halogens is 1. The quantitative estimate of drug-likeness (QED) is 0.665. The van der Waals surface area contributed by atoms with Gasteiger partial charge in [-0.3, -0.25) is 0 Å². The fourth-order valence-electron chi connectivity index (χ4n) is 0.162. The first kappa shape index (κ1) is 10.7. The van der Waals surface area contributed by atoms with Crippen LogP contribution in [0.3, 0.4) is 0 Å². The number of hydrogen-bond donors (Lipinski definition) is 0. The molecule has 6 heteroatoms. The van der Waals surface area contributed by atoms with Gasteiger partial charge in [0.1, 0.15) is 0 Å². The van der Waals surface area contributed by atoms with Crippen LogP contribution in [0.4, 0.5) is 0 Å². The van der Waals surface area contributed by atoms with E-state index in [1.165, 1.54) is 8.88 Å². The molecule has 0 aliphatic heterocycles. The molecule has 3 atom stereocenters. The Morgan fingerprint density at radius 2 is 2.11 bits per heavy atom. The Hall–Kier alpha value is 1.65. The summed E-state index contributed by atoms with van der Waals surface area (Å²) in [6.45, 7) is 2.05. The predicted octanol–water partition coefficient (Wildman–Crippen LogP) is 1.27. The third-order valence-corrected chi connectivity index (χ3v) is 10.4. The summed E-state index contributed by atoms with van der Waals surface area (Å²) in [5, 5.41) is 0. The Labute approximate surface area is 77.3 Å². The van der Waals surface area contributed by atoms with Gasteiger partial charge in [0, 0.05) is 0 Å². The summed E-state index contributed by atoms with van der Waals surface area (Å²) in [6.07, 6.45) is 2.01. The zero-order valence-corrected chi connectivity index (χ0v) is 9.83. The fourth-order valence-corrected chi connectivity index (χ4v) is 6.90. The van der Waals surface area contributed by atoms with Crippen molar-refractivity contribution in [3.05, 3.63) is 0 Å². The Morgan fingerprint density at radius 3 is 2.22 bits per heavy atom. The van der Waals surface area contributed by atoms with Gasteiger partial charge in [0.15, 0.2) is 0 Å². The Kier molecular flexibility index (Phi) is 6.30. The molecule has 0 bridgehead atoms. The molecule has 56 valence electrons. The van der Waals surface area contributed by atoms with Crippen molar-refractivity contribution in [1.29, 1.82) is 0 Å². The molecule has 0 fully saturated rings. The molecule has 0 radical (unpaired) electrons. The van der Waals surface area contributed by atoms with Gasteiger partial charge in [-0.15, -0.1) is 9.45 Å². The standard InChI is InChI=1S/C3H7ClS5/c1-3(8(2)6)9(4)7-5/h3H,1-2H3. The van der Waals surface area contributed by atoms with Crippen molar-refractivity contribution in [2.75, 3.05) is 6.26 Å². The van der Waals surface area contributed by atoms with Crippen molar-refractivity contribution in [3.63, 3.8) is 0 Å². The lowest BCUT2D eigenvalue weighted by Crippen LogP contribution is -2.09. The average molecular weight is 239 g/mol. The van der Waals surface area contributed by atoms with Crippen molar-refractivity contribution in [2.24, 2.45) is 0 Å². The van der Waals surface area contributed by atoms with E-state index in [0.29, 0.717) is 4.58 Å². The molecule has 0 amide bonds. The molecule has 0 saturated heterocycles. The minimum atomic E-state index is -0.240. The predicted molar refractivity (Wildman–Crippen MR) is 58.1 cm³/mol. The molecule has 9 heavy (non-hydrogen) atoms. The van der Waals surface area contributed by atoms with E-state index in [4.69, 9.17) is 33.1 Å². The third kappa shape index (κ3) is 4.16. The van der Waals surface area contributed by atoms with Gasteiger partial charge in [-0.2, -0.15) is 0 Å². The first-order valence-corrected chi connectivity index (χ1v) is 9.11. The maximum absolute atomic E-state index is 5.84. The maximum atomic E-state index is 5.84. The van der Waals surface area contributed by atoms with Crippen LogP contribution in [0, 0.1) is 0 Å². The van der Waals surface area contributed by atoms with Crippen LogP contribution in [0.1, 0.15) is 6.92 Å². The van der Waals surface area contributed by atoms with Crippen LogP contribution >= 0.6 is 10.7 Å². The lowest BCUT2D eigenvalue weighted by atomic mass is 11.0. The van der Waals surface area contributed by atoms with Gasteiger partial charge < -0.3 is 0 Å². The average Bonchev–Trinajstić information content (AvgIpc) is 1.84. The summed E-state index contributed by atoms with van der Waals surface area (Å²) >= 11 is 9.76. The van der Waals surface area contributed by atoms with Crippen molar-refractivity contribution in [3.8, 4) is 0 Å². The molecule has 0 aromatic carbocycles. The van der Waals surface area contributed by atoms with Gasteiger partial charge in [0.25, 0.3) is 0 Å². The zero-order chi connectivity index (χ0) is 7.44. The van der Waals surface area contributed by atoms with Gasteiger partial charge in [-0.05, 0) is 52.6 Å². The summed E-state index contributed by atoms with van der Waals surface area (Å²) in [6, 6.07) is 0. The normalized spacial score (nSPS) is 20.3. The summed E-state index contributed by atoms with van der Waals surface area (Å²) in [5.41, 5.74) is 0. The molecule has 0 aliphatic carbocycles. The van der Waals surface area contributed by atoms with E-state index in [2.05, 4.69) is 0 Å². The molecule has 0 rings (SSSR count). The van der Waals surface area contributed by atoms with Crippen LogP contribution in [0.15, 0.2) is 0 Å². The van der Waals surface area contributed by atoms with E-state index in [-0.39, 0.29) is 18.1 Å². The molecule has 0 aromatic rings. The lowest BCUT2D eigenvalue weighted by Gasteiger charge is -2.05. The second-order valence-corrected chi connectivity index (χ2v) is 10.6. The molecule has 0 aliphatic rings. The van der Waals surface area contributed by atoms with Gasteiger partial charge in [0.2, 0.25) is 0 Å². The summed E-state index contributed by atoms with van der Waals surface area (Å²) in [7, 11) is 6.86. The summed E-state index contributed by atoms with van der Waals surface area (Å²) < 4.78 is 0.379. The molecule has 0 nitrogen and oxygen atoms in total. The van der Waals surface area contributed by atoms with Crippen LogP contribution in [0.5, 0.6) is 0 Å². The topological polar surface area (TPSA) is 0 Å². The van der Waals surface area contributed by atoms with Crippen LogP contribution < -0.4 is 0 Å². The Morgan fingerprint density at radius 1 is 1.67 bits per heavy atom. The van der Waals surface area contributed by atoms with Gasteiger partial charge in [-0.25, -0.2) is 0 Å². The maximum Gasteiger partial charge on any atom is 0.0705 e. The highest BCUT2D eigenvalue weighted by Gasteiger charge is 2.04. The second-order valence-electron chi connectivity index (χ2n) is 1.38. The van der Waals surface area contributed by atoms with Crippen LogP contribution in [-0.4, -0.2) is 10.8 Å². The lowest BCUT2D eigenvalue weighted by molar-refractivity contribution is 1.43. The number of rotatable bonds is 2. The first-order chi connectivity index (χ1) is 4.09. The molecule has 0 spiro atoms. The van der Waals surface area contributed by atoms with Crippen molar-refractivity contribution < 1.29 is 0 Å². The van der Waals surface area contributed by atoms with E-state index in [9.17, 15) is 0 Å². The van der Waals surface area contributed by atoms with Crippen molar-refractivity contribution >= 4 is 60.1 Å². The van der Waals surface area contributed by atoms with E-state index >= 15 is 0 Å². The monoisotopic (exact) mass is 238 g/mol. The highest BCUT2D eigenvalue weighted by molar-refractivity contribution is 8.59. The summed E-state index contributed by atoms with van der Waals surface area (Å²) in [4.78, 5) is 0. The highest BCUT2D eigenvalue weighted by atomic mass is 35.7. The van der Waals surface area contributed by atoms with Crippen LogP contribution in [0.25, 0.3) is 0 Å². The largest absolute Gasteiger partial charge is 0.110 e. The highest BCUT2D eigenvalue weighted by Crippen LogP contribution is 2.04. The molecular weight excluding hydrogens is 232 g/mol. The third-order valence-electron chi connectivity index (χ3n) is 0.793. The van der Waals surface area contributed by atoms with E-state index in [1.54, 1.807) is 0 Å². The molecule has 0 N–H and O–H groups in total. The summed E-state index contributed by atoms with van der Waals surface area (Å²) in [5.74, 6) is 0. The Bertz CT molecular complexity index is 169. The minimum absolute atomic E-state index is 0.0141.